The summed E-state index contributed by atoms with van der Waals surface area (Å²) >= 11 is 0. The molecule has 0 aliphatic rings. The lowest BCUT2D eigenvalue weighted by Crippen LogP contribution is -2.27. The van der Waals surface area contributed by atoms with Gasteiger partial charge in [0.15, 0.2) is 0 Å². The fourth-order valence-corrected chi connectivity index (χ4v) is 2.73. The smallest absolute Gasteiger partial charge is 0.240 e. The maximum Gasteiger partial charge on any atom is 0.240 e. The van der Waals surface area contributed by atoms with E-state index in [4.69, 9.17) is 9.84 Å². The van der Waals surface area contributed by atoms with E-state index in [0.717, 1.165) is 13.0 Å². The molecule has 0 aliphatic carbocycles. The van der Waals surface area contributed by atoms with Crippen molar-refractivity contribution in [1.82, 2.24) is 9.62 Å². The second-order valence-corrected chi connectivity index (χ2v) is 6.72. The molecule has 0 saturated carbocycles. The maximum absolute atomic E-state index is 12.0. The van der Waals surface area contributed by atoms with Crippen LogP contribution in [-0.2, 0) is 10.0 Å². The van der Waals surface area contributed by atoms with E-state index >= 15 is 0 Å². The zero-order chi connectivity index (χ0) is 15.7. The number of rotatable bonds is 10. The average Bonchev–Trinajstić information content (AvgIpc) is 2.44. The van der Waals surface area contributed by atoms with Gasteiger partial charge in [0.05, 0.1) is 11.5 Å². The van der Waals surface area contributed by atoms with E-state index in [0.29, 0.717) is 25.3 Å². The Labute approximate surface area is 126 Å². The van der Waals surface area contributed by atoms with E-state index in [2.05, 4.69) is 4.72 Å². The molecule has 1 aromatic rings. The van der Waals surface area contributed by atoms with E-state index in [1.165, 1.54) is 12.1 Å². The van der Waals surface area contributed by atoms with Crippen molar-refractivity contribution in [1.29, 1.82) is 0 Å². The third kappa shape index (κ3) is 6.90. The van der Waals surface area contributed by atoms with Gasteiger partial charge >= 0.3 is 0 Å². The number of nitrogens with zero attached hydrogens (tertiary/aromatic N) is 1. The molecule has 0 aliphatic heterocycles. The molecule has 0 unspecified atom stereocenters. The van der Waals surface area contributed by atoms with Crippen LogP contribution in [0.15, 0.2) is 29.2 Å². The summed E-state index contributed by atoms with van der Waals surface area (Å²) in [5, 5.41) is 8.66. The fourth-order valence-electron chi connectivity index (χ4n) is 1.65. The highest BCUT2D eigenvalue weighted by molar-refractivity contribution is 7.89. The molecular weight excluding hydrogens is 292 g/mol. The second kappa shape index (κ2) is 8.99. The zero-order valence-electron chi connectivity index (χ0n) is 12.6. The first-order valence-corrected chi connectivity index (χ1v) is 8.42. The number of hydrogen-bond acceptors (Lipinski definition) is 5. The van der Waals surface area contributed by atoms with Crippen molar-refractivity contribution in [3.8, 4) is 5.75 Å². The quantitative estimate of drug-likeness (QED) is 0.621. The lowest BCUT2D eigenvalue weighted by Gasteiger charge is -2.11. The molecule has 2 N–H and O–H groups in total. The molecule has 0 spiro atoms. The van der Waals surface area contributed by atoms with Crippen molar-refractivity contribution in [2.45, 2.75) is 17.7 Å². The summed E-state index contributed by atoms with van der Waals surface area (Å²) in [5.41, 5.74) is 0. The summed E-state index contributed by atoms with van der Waals surface area (Å²) in [6, 6.07) is 6.27. The Balaban J connectivity index is 2.50. The molecular formula is C14H24N2O4S. The third-order valence-electron chi connectivity index (χ3n) is 2.78. The summed E-state index contributed by atoms with van der Waals surface area (Å²) in [6.07, 6.45) is 1.31. The number of aliphatic hydroxyl groups is 1. The Kier molecular flexibility index (Phi) is 7.66. The van der Waals surface area contributed by atoms with Gasteiger partial charge in [0.2, 0.25) is 10.0 Å². The van der Waals surface area contributed by atoms with Crippen molar-refractivity contribution in [2.75, 3.05) is 40.4 Å². The number of aliphatic hydroxyl groups excluding tert-OH is 1. The number of nitrogens with one attached hydrogen (secondary N) is 1. The lowest BCUT2D eigenvalue weighted by atomic mass is 10.3. The van der Waals surface area contributed by atoms with Gasteiger partial charge in [0.1, 0.15) is 5.75 Å². The third-order valence-corrected chi connectivity index (χ3v) is 4.26. The van der Waals surface area contributed by atoms with Crippen molar-refractivity contribution in [2.24, 2.45) is 0 Å². The molecule has 0 amide bonds. The summed E-state index contributed by atoms with van der Waals surface area (Å²) in [5.74, 6) is 0.593. The van der Waals surface area contributed by atoms with Gasteiger partial charge in [-0.05, 0) is 51.3 Å². The van der Waals surface area contributed by atoms with Crippen molar-refractivity contribution in [3.05, 3.63) is 24.3 Å². The van der Waals surface area contributed by atoms with Crippen LogP contribution in [0.25, 0.3) is 0 Å². The highest BCUT2D eigenvalue weighted by atomic mass is 32.2. The minimum Gasteiger partial charge on any atom is -0.494 e. The summed E-state index contributed by atoms with van der Waals surface area (Å²) in [7, 11) is 0.433. The van der Waals surface area contributed by atoms with Crippen LogP contribution in [0.2, 0.25) is 0 Å². The van der Waals surface area contributed by atoms with Crippen molar-refractivity contribution in [3.63, 3.8) is 0 Å². The predicted molar refractivity (Wildman–Crippen MR) is 82.0 cm³/mol. The first-order valence-electron chi connectivity index (χ1n) is 6.94. The Morgan fingerprint density at radius 3 is 2.43 bits per heavy atom. The fraction of sp³-hybridized carbons (Fsp3) is 0.571. The topological polar surface area (TPSA) is 78.9 Å². The number of hydrogen-bond donors (Lipinski definition) is 2. The minimum atomic E-state index is -3.46. The molecule has 0 heterocycles. The molecule has 21 heavy (non-hydrogen) atoms. The molecule has 0 fully saturated rings. The van der Waals surface area contributed by atoms with Crippen molar-refractivity contribution >= 4 is 10.0 Å². The lowest BCUT2D eigenvalue weighted by molar-refractivity contribution is 0.233. The summed E-state index contributed by atoms with van der Waals surface area (Å²) in [6.45, 7) is 1.73. The molecule has 0 atom stereocenters. The van der Waals surface area contributed by atoms with Crippen LogP contribution in [0.1, 0.15) is 12.8 Å². The predicted octanol–water partition coefficient (Wildman–Crippen LogP) is 0.678. The van der Waals surface area contributed by atoms with E-state index in [1.807, 2.05) is 19.0 Å². The highest BCUT2D eigenvalue weighted by Gasteiger charge is 2.13. The van der Waals surface area contributed by atoms with Gasteiger partial charge in [-0.1, -0.05) is 0 Å². The van der Waals surface area contributed by atoms with Crippen LogP contribution >= 0.6 is 0 Å². The van der Waals surface area contributed by atoms with Crippen LogP contribution in [0.5, 0.6) is 5.75 Å². The monoisotopic (exact) mass is 316 g/mol. The molecule has 0 bridgehead atoms. The van der Waals surface area contributed by atoms with E-state index in [9.17, 15) is 8.42 Å². The number of ether oxygens (including phenoxy) is 1. The van der Waals surface area contributed by atoms with Crippen LogP contribution in [0.3, 0.4) is 0 Å². The van der Waals surface area contributed by atoms with Gasteiger partial charge in [-0.25, -0.2) is 13.1 Å². The molecule has 0 radical (unpaired) electrons. The summed E-state index contributed by atoms with van der Waals surface area (Å²) in [4.78, 5) is 2.23. The average molecular weight is 316 g/mol. The molecule has 120 valence electrons. The summed E-state index contributed by atoms with van der Waals surface area (Å²) < 4.78 is 32.0. The van der Waals surface area contributed by atoms with Crippen LogP contribution in [-0.4, -0.2) is 58.8 Å². The van der Waals surface area contributed by atoms with Gasteiger partial charge in [-0.3, -0.25) is 0 Å². The molecule has 0 saturated heterocycles. The normalized spacial score (nSPS) is 11.8. The van der Waals surface area contributed by atoms with Crippen molar-refractivity contribution < 1.29 is 18.3 Å². The van der Waals surface area contributed by atoms with E-state index in [1.54, 1.807) is 12.1 Å². The number of benzene rings is 1. The molecule has 7 heteroatoms. The Morgan fingerprint density at radius 1 is 1.19 bits per heavy atom. The van der Waals surface area contributed by atoms with Crippen LogP contribution in [0.4, 0.5) is 0 Å². The largest absolute Gasteiger partial charge is 0.494 e. The molecule has 1 rings (SSSR count). The second-order valence-electron chi connectivity index (χ2n) is 4.95. The van der Waals surface area contributed by atoms with Crippen LogP contribution in [0, 0.1) is 0 Å². The number of sulfonamides is 1. The molecule has 0 aromatic heterocycles. The first-order chi connectivity index (χ1) is 9.95. The Bertz CT molecular complexity index is 500. The van der Waals surface area contributed by atoms with E-state index in [-0.39, 0.29) is 11.5 Å². The first kappa shape index (κ1) is 17.9. The molecule has 1 aromatic carbocycles. The standard InChI is InChI=1S/C14H24N2O4S/c1-16(2)10-3-9-15-21(18,19)14-7-5-13(6-8-14)20-12-4-11-17/h5-8,15,17H,3-4,9-12H2,1-2H3. The van der Waals surface area contributed by atoms with Gasteiger partial charge in [0, 0.05) is 19.6 Å². The minimum absolute atomic E-state index is 0.0727. The van der Waals surface area contributed by atoms with Gasteiger partial charge in [-0.2, -0.15) is 0 Å². The van der Waals surface area contributed by atoms with Gasteiger partial charge < -0.3 is 14.7 Å². The van der Waals surface area contributed by atoms with E-state index < -0.39 is 10.0 Å². The highest BCUT2D eigenvalue weighted by Crippen LogP contribution is 2.16. The Hall–Kier alpha value is -1.15. The maximum atomic E-state index is 12.0. The Morgan fingerprint density at radius 2 is 1.86 bits per heavy atom. The zero-order valence-corrected chi connectivity index (χ0v) is 13.4. The SMILES string of the molecule is CN(C)CCCNS(=O)(=O)c1ccc(OCCCO)cc1. The molecule has 6 nitrogen and oxygen atoms in total. The van der Waals surface area contributed by atoms with Gasteiger partial charge in [0.25, 0.3) is 0 Å². The van der Waals surface area contributed by atoms with Crippen LogP contribution < -0.4 is 9.46 Å². The van der Waals surface area contributed by atoms with Gasteiger partial charge in [-0.15, -0.1) is 0 Å².